The zero-order valence-corrected chi connectivity index (χ0v) is 39.7. The van der Waals surface area contributed by atoms with Gasteiger partial charge in [-0.1, -0.05) is 182 Å². The third-order valence-corrected chi connectivity index (χ3v) is 13.3. The second-order valence-electron chi connectivity index (χ2n) is 18.0. The molecule has 0 spiro atoms. The van der Waals surface area contributed by atoms with Gasteiger partial charge >= 0.3 is 11.9 Å². The Hall–Kier alpha value is -8.19. The van der Waals surface area contributed by atoms with Gasteiger partial charge in [0.05, 0.1) is 23.5 Å². The van der Waals surface area contributed by atoms with Crippen LogP contribution in [0.4, 0.5) is 5.69 Å². The summed E-state index contributed by atoms with van der Waals surface area (Å²) in [7, 11) is 3.82. The molecular weight excluding hydrogens is 885 g/mol. The Bertz CT molecular complexity index is 2650. The highest BCUT2D eigenvalue weighted by atomic mass is 16.4. The maximum atomic E-state index is 12.9. The molecule has 0 saturated heterocycles. The fraction of sp³-hybridized carbons (Fsp3) is 0.203. The van der Waals surface area contributed by atoms with Gasteiger partial charge in [0.15, 0.2) is 0 Å². The Balaban J connectivity index is 0.920. The zero-order chi connectivity index (χ0) is 49.2. The van der Waals surface area contributed by atoms with Gasteiger partial charge in [0, 0.05) is 58.1 Å². The van der Waals surface area contributed by atoms with Crippen molar-refractivity contribution in [3.05, 3.63) is 239 Å². The number of rotatable bonds is 21. The van der Waals surface area contributed by atoms with Crippen LogP contribution in [0.5, 0.6) is 0 Å². The van der Waals surface area contributed by atoms with Crippen LogP contribution >= 0.6 is 0 Å². The maximum absolute atomic E-state index is 12.9. The maximum Gasteiger partial charge on any atom is 0.320 e. The lowest BCUT2D eigenvalue weighted by molar-refractivity contribution is -0.140. The van der Waals surface area contributed by atoms with E-state index in [2.05, 4.69) is 83.4 Å². The number of aliphatic carboxylic acids is 2. The van der Waals surface area contributed by atoms with E-state index >= 15 is 0 Å². The molecule has 6 aromatic carbocycles. The molecule has 12 heteroatoms. The highest BCUT2D eigenvalue weighted by Crippen LogP contribution is 2.44. The average molecular weight is 941 g/mol. The van der Waals surface area contributed by atoms with Crippen molar-refractivity contribution in [3.63, 3.8) is 0 Å². The van der Waals surface area contributed by atoms with Crippen molar-refractivity contribution in [2.45, 2.75) is 60.9 Å². The van der Waals surface area contributed by atoms with E-state index in [0.29, 0.717) is 23.1 Å². The minimum Gasteiger partial charge on any atom is -0.480 e. The topological polar surface area (TPSA) is 164 Å². The number of benzene rings is 6. The molecule has 4 N–H and O–H groups in total. The van der Waals surface area contributed by atoms with Crippen LogP contribution in [0.2, 0.25) is 0 Å². The molecule has 2 unspecified atom stereocenters. The summed E-state index contributed by atoms with van der Waals surface area (Å²) in [6, 6.07) is 61.8. The van der Waals surface area contributed by atoms with Gasteiger partial charge in [-0.2, -0.15) is 0 Å². The molecule has 7 aromatic rings. The lowest BCUT2D eigenvalue weighted by atomic mass is 9.68. The van der Waals surface area contributed by atoms with Crippen LogP contribution in [0.25, 0.3) is 0 Å². The molecule has 9 rings (SSSR count). The number of nitrogens with zero attached hydrogens (tertiary/aromatic N) is 6. The Labute approximate surface area is 414 Å². The monoisotopic (exact) mass is 940 g/mol. The first-order valence-electron chi connectivity index (χ1n) is 23.8. The second kappa shape index (κ2) is 21.6. The molecule has 0 saturated carbocycles. The fourth-order valence-electron chi connectivity index (χ4n) is 9.83. The van der Waals surface area contributed by atoms with Gasteiger partial charge in [0.1, 0.15) is 34.6 Å². The first kappa shape index (κ1) is 47.9. The lowest BCUT2D eigenvalue weighted by Gasteiger charge is -2.34. The first-order chi connectivity index (χ1) is 34.7. The van der Waals surface area contributed by atoms with Crippen LogP contribution in [-0.4, -0.2) is 89.5 Å². The van der Waals surface area contributed by atoms with E-state index in [-0.39, 0.29) is 25.9 Å². The summed E-state index contributed by atoms with van der Waals surface area (Å²) in [5.41, 5.74) is 6.32. The van der Waals surface area contributed by atoms with Crippen LogP contribution in [0.3, 0.4) is 0 Å². The quantitative estimate of drug-likeness (QED) is 0.0520. The van der Waals surface area contributed by atoms with E-state index in [1.807, 2.05) is 140 Å². The fourth-order valence-corrected chi connectivity index (χ4v) is 9.83. The molecule has 12 nitrogen and oxygen atoms in total. The summed E-state index contributed by atoms with van der Waals surface area (Å²) in [6.45, 7) is 0.275. The molecule has 0 amide bonds. The van der Waals surface area contributed by atoms with Crippen molar-refractivity contribution in [2.75, 3.05) is 19.0 Å². The number of carbonyl (C=O) groups is 2. The van der Waals surface area contributed by atoms with Crippen LogP contribution in [0.15, 0.2) is 214 Å². The Morgan fingerprint density at radius 1 is 0.493 bits per heavy atom. The lowest BCUT2D eigenvalue weighted by Crippen LogP contribution is -2.40. The molecule has 1 aromatic heterocycles. The number of pyridine rings is 1. The van der Waals surface area contributed by atoms with Crippen molar-refractivity contribution in [2.24, 2.45) is 20.0 Å². The number of hydrogen-bond donors (Lipinski definition) is 4. The standard InChI is InChI=1S/C59H56N8O4/c1-67(2)51-33-47(37-60-52(54(68)69)35-49-39-62-56(65-49)58(41-21-9-3-10-22-41,42-23-11-4-12-24-42)43-25-13-5-14-26-43)64-48(34-51)38-61-53(55(70)71)36-50-40-63-57(66-50)59(44-27-15-6-16-28-44,45-29-17-7-18-30-45)46-31-19-8-20-32-46/h3-34,39-40,49-50,52-53,60-61H,35-38H2,1-2H3,(H,68,69)(H,70,71)/t49?,50?,52-,53+. The van der Waals surface area contributed by atoms with Crippen molar-refractivity contribution in [3.8, 4) is 0 Å². The van der Waals surface area contributed by atoms with Gasteiger partial charge in [-0.15, -0.1) is 0 Å². The highest BCUT2D eigenvalue weighted by Gasteiger charge is 2.45. The molecule has 0 aliphatic carbocycles. The normalized spacial score (nSPS) is 16.3. The van der Waals surface area contributed by atoms with Gasteiger partial charge in [-0.25, -0.2) is 9.98 Å². The first-order valence-corrected chi connectivity index (χ1v) is 23.8. The van der Waals surface area contributed by atoms with E-state index in [9.17, 15) is 19.8 Å². The van der Waals surface area contributed by atoms with Gasteiger partial charge in [0.25, 0.3) is 0 Å². The third-order valence-electron chi connectivity index (χ3n) is 13.3. The van der Waals surface area contributed by atoms with E-state index in [1.165, 1.54) is 0 Å². The number of carboxylic acid groups (broad SMARTS) is 2. The van der Waals surface area contributed by atoms with Crippen molar-refractivity contribution in [1.29, 1.82) is 0 Å². The highest BCUT2D eigenvalue weighted by molar-refractivity contribution is 6.08. The van der Waals surface area contributed by atoms with Crippen LogP contribution in [0, 0.1) is 0 Å². The number of aliphatic imine (C=N–C) groups is 4. The van der Waals surface area contributed by atoms with E-state index < -0.39 is 46.9 Å². The van der Waals surface area contributed by atoms with Crippen LogP contribution < -0.4 is 15.5 Å². The number of aromatic nitrogens is 1. The number of anilines is 1. The predicted octanol–water partition coefficient (Wildman–Crippen LogP) is 8.79. The van der Waals surface area contributed by atoms with E-state index in [1.54, 1.807) is 12.4 Å². The number of amidine groups is 2. The summed E-state index contributed by atoms with van der Waals surface area (Å²) in [5.74, 6) is -0.876. The molecule has 2 aliphatic rings. The Kier molecular flexibility index (Phi) is 14.6. The minimum atomic E-state index is -1.02. The van der Waals surface area contributed by atoms with Gasteiger partial charge < -0.3 is 15.1 Å². The smallest absolute Gasteiger partial charge is 0.320 e. The molecular formula is C59H56N8O4. The summed E-state index contributed by atoms with van der Waals surface area (Å²) < 4.78 is 0. The predicted molar refractivity (Wildman–Crippen MR) is 282 cm³/mol. The Morgan fingerprint density at radius 2 is 0.775 bits per heavy atom. The molecule has 356 valence electrons. The van der Waals surface area contributed by atoms with E-state index in [0.717, 1.165) is 39.1 Å². The van der Waals surface area contributed by atoms with Gasteiger partial charge in [-0.05, 0) is 45.5 Å². The molecule has 0 bridgehead atoms. The SMILES string of the molecule is CN(C)c1cc(CN[C@@H](CC2C=NC(C(c3ccccc3)(c3ccccc3)c3ccccc3)=N2)C(=O)O)nc(CN[C@H](CC2C=NC(C(c3ccccc3)(c3ccccc3)c3ccccc3)=N2)C(=O)O)c1. The summed E-state index contributed by atoms with van der Waals surface area (Å²) in [5, 5.41) is 27.6. The summed E-state index contributed by atoms with van der Waals surface area (Å²) >= 11 is 0. The molecule has 0 fully saturated rings. The molecule has 2 aliphatic heterocycles. The van der Waals surface area contributed by atoms with Gasteiger partial charge in [-0.3, -0.25) is 35.2 Å². The second-order valence-corrected chi connectivity index (χ2v) is 18.0. The van der Waals surface area contributed by atoms with Crippen LogP contribution in [0.1, 0.15) is 57.6 Å². The van der Waals surface area contributed by atoms with Crippen molar-refractivity contribution < 1.29 is 19.8 Å². The Morgan fingerprint density at radius 3 is 1.03 bits per heavy atom. The third kappa shape index (κ3) is 10.1. The van der Waals surface area contributed by atoms with Gasteiger partial charge in [0.2, 0.25) is 0 Å². The average Bonchev–Trinajstić information content (AvgIpc) is 4.09. The van der Waals surface area contributed by atoms with Crippen molar-refractivity contribution in [1.82, 2.24) is 15.6 Å². The molecule has 0 radical (unpaired) electrons. The van der Waals surface area contributed by atoms with E-state index in [4.69, 9.17) is 25.0 Å². The summed E-state index contributed by atoms with van der Waals surface area (Å²) in [4.78, 5) is 52.8. The number of hydrogen-bond acceptors (Lipinski definition) is 10. The van der Waals surface area contributed by atoms with Crippen molar-refractivity contribution >= 4 is 41.7 Å². The largest absolute Gasteiger partial charge is 0.480 e. The minimum absolute atomic E-state index is 0.137. The molecule has 71 heavy (non-hydrogen) atoms. The number of carboxylic acids is 2. The molecule has 4 atom stereocenters. The summed E-state index contributed by atoms with van der Waals surface area (Å²) in [6.07, 6.45) is 3.80. The van der Waals surface area contributed by atoms with Crippen LogP contribution in [-0.2, 0) is 33.5 Å². The number of nitrogens with one attached hydrogen (secondary N) is 2. The molecule has 3 heterocycles. The zero-order valence-electron chi connectivity index (χ0n) is 39.7.